The topological polar surface area (TPSA) is 125 Å². The lowest BCUT2D eigenvalue weighted by Crippen LogP contribution is -2.48. The molecule has 5 rings (SSSR count). The van der Waals surface area contributed by atoms with Crippen LogP contribution in [0.3, 0.4) is 0 Å². The second-order valence-electron chi connectivity index (χ2n) is 9.19. The molecule has 0 bridgehead atoms. The zero-order chi connectivity index (χ0) is 26.0. The van der Waals surface area contributed by atoms with Crippen LogP contribution in [0.25, 0.3) is 5.70 Å². The number of ketones is 1. The molecule has 0 N–H and O–H groups in total. The molecule has 1 amide bonds. The first kappa shape index (κ1) is 23.2. The number of fused-ring (bicyclic) bond motifs is 3. The number of non-ortho nitro benzene ring substituents is 1. The highest BCUT2D eigenvalue weighted by Crippen LogP contribution is 2.51. The number of carbonyl (C=O) groups excluding carboxylic acids is 2. The van der Waals surface area contributed by atoms with E-state index in [0.717, 1.165) is 4.57 Å². The average Bonchev–Trinajstić information content (AvgIpc) is 3.16. The zero-order valence-electron chi connectivity index (χ0n) is 20.0. The standard InChI is InChI=1S/C26H22N4O6/c1-13(2)24(32)29-21-16-7-5-6-8-17(16)22(31)19(21)18(14-9-11-15(12-10-14)30(35)36)20-23(29)27(3)26(34)28(4)25(20)33/h5-13,18H,1-4H3/t18-/m0/s1. The minimum Gasteiger partial charge on any atom is -0.289 e. The Kier molecular flexibility index (Phi) is 5.13. The van der Waals surface area contributed by atoms with Crippen LogP contribution in [0.1, 0.15) is 46.8 Å². The number of amides is 1. The van der Waals surface area contributed by atoms with Gasteiger partial charge in [0.05, 0.1) is 16.2 Å². The van der Waals surface area contributed by atoms with Gasteiger partial charge in [0.1, 0.15) is 5.82 Å². The molecule has 3 aromatic rings. The van der Waals surface area contributed by atoms with E-state index in [9.17, 15) is 29.3 Å². The number of benzene rings is 2. The van der Waals surface area contributed by atoms with Gasteiger partial charge >= 0.3 is 5.69 Å². The number of carbonyl (C=O) groups is 2. The van der Waals surface area contributed by atoms with E-state index in [4.69, 9.17) is 0 Å². The van der Waals surface area contributed by atoms with E-state index in [-0.39, 0.29) is 34.3 Å². The zero-order valence-corrected chi connectivity index (χ0v) is 20.0. The number of rotatable bonds is 3. The Morgan fingerprint density at radius 2 is 1.56 bits per heavy atom. The molecule has 1 aliphatic carbocycles. The Morgan fingerprint density at radius 3 is 2.14 bits per heavy atom. The first-order valence-electron chi connectivity index (χ1n) is 11.3. The summed E-state index contributed by atoms with van der Waals surface area (Å²) in [6.45, 7) is 3.40. The Bertz CT molecular complexity index is 1640. The van der Waals surface area contributed by atoms with Gasteiger partial charge in [0.15, 0.2) is 5.78 Å². The first-order chi connectivity index (χ1) is 17.1. The number of nitrogens with zero attached hydrogens (tertiary/aromatic N) is 4. The van der Waals surface area contributed by atoms with Crippen molar-refractivity contribution in [3.8, 4) is 0 Å². The number of hydrogen-bond donors (Lipinski definition) is 0. The van der Waals surface area contributed by atoms with E-state index in [1.807, 2.05) is 0 Å². The van der Waals surface area contributed by atoms with Gasteiger partial charge < -0.3 is 0 Å². The fraction of sp³-hybridized carbons (Fsp3) is 0.231. The van der Waals surface area contributed by atoms with Crippen molar-refractivity contribution in [2.24, 2.45) is 20.0 Å². The second-order valence-corrected chi connectivity index (χ2v) is 9.19. The molecule has 2 aromatic carbocycles. The monoisotopic (exact) mass is 486 g/mol. The summed E-state index contributed by atoms with van der Waals surface area (Å²) in [6.07, 6.45) is 0. The van der Waals surface area contributed by atoms with E-state index in [0.29, 0.717) is 22.4 Å². The molecule has 1 aliphatic heterocycles. The summed E-state index contributed by atoms with van der Waals surface area (Å²) in [7, 11) is 2.81. The third kappa shape index (κ3) is 3.03. The lowest BCUT2D eigenvalue weighted by Gasteiger charge is -2.37. The number of nitro groups is 1. The Hall–Kier alpha value is -4.60. The van der Waals surface area contributed by atoms with Crippen LogP contribution in [0.5, 0.6) is 0 Å². The van der Waals surface area contributed by atoms with Crippen molar-refractivity contribution in [3.63, 3.8) is 0 Å². The van der Waals surface area contributed by atoms with Crippen LogP contribution in [0, 0.1) is 16.0 Å². The smallest absolute Gasteiger partial charge is 0.289 e. The van der Waals surface area contributed by atoms with Crippen LogP contribution in [-0.4, -0.2) is 25.7 Å². The minimum absolute atomic E-state index is 0.0855. The van der Waals surface area contributed by atoms with Gasteiger partial charge in [-0.05, 0) is 5.56 Å². The van der Waals surface area contributed by atoms with Crippen LogP contribution >= 0.6 is 0 Å². The number of aromatic nitrogens is 2. The molecule has 0 radical (unpaired) electrons. The molecule has 36 heavy (non-hydrogen) atoms. The van der Waals surface area contributed by atoms with E-state index >= 15 is 0 Å². The van der Waals surface area contributed by atoms with E-state index in [1.54, 1.807) is 38.1 Å². The molecule has 0 unspecified atom stereocenters. The van der Waals surface area contributed by atoms with E-state index in [1.165, 1.54) is 47.8 Å². The molecule has 10 nitrogen and oxygen atoms in total. The fourth-order valence-electron chi connectivity index (χ4n) is 5.02. The van der Waals surface area contributed by atoms with Crippen molar-refractivity contribution in [3.05, 3.63) is 107 Å². The molecule has 10 heteroatoms. The van der Waals surface area contributed by atoms with Crippen molar-refractivity contribution >= 4 is 28.9 Å². The van der Waals surface area contributed by atoms with Crippen LogP contribution in [-0.2, 0) is 18.9 Å². The van der Waals surface area contributed by atoms with Gasteiger partial charge in [0.2, 0.25) is 5.91 Å². The van der Waals surface area contributed by atoms with Gasteiger partial charge in [-0.3, -0.25) is 38.5 Å². The Labute approximate surface area is 204 Å². The van der Waals surface area contributed by atoms with Crippen LogP contribution < -0.4 is 16.1 Å². The summed E-state index contributed by atoms with van der Waals surface area (Å²) in [4.78, 5) is 66.1. The number of nitro benzene ring substituents is 1. The van der Waals surface area contributed by atoms with Crippen molar-refractivity contribution < 1.29 is 14.5 Å². The number of anilines is 1. The average molecular weight is 486 g/mol. The molecule has 1 atom stereocenters. The number of allylic oxidation sites excluding steroid dienone is 1. The minimum atomic E-state index is -0.947. The summed E-state index contributed by atoms with van der Waals surface area (Å²) in [6, 6.07) is 12.5. The van der Waals surface area contributed by atoms with Gasteiger partial charge in [0, 0.05) is 54.8 Å². The summed E-state index contributed by atoms with van der Waals surface area (Å²) in [5.74, 6) is -2.08. The molecule has 0 saturated heterocycles. The van der Waals surface area contributed by atoms with Crippen LogP contribution in [0.4, 0.5) is 11.5 Å². The first-order valence-corrected chi connectivity index (χ1v) is 11.3. The summed E-state index contributed by atoms with van der Waals surface area (Å²) in [5.41, 5.74) is 0.594. The van der Waals surface area contributed by atoms with E-state index < -0.39 is 28.0 Å². The molecule has 2 heterocycles. The molecular weight excluding hydrogens is 464 g/mol. The third-order valence-corrected chi connectivity index (χ3v) is 6.76. The Balaban J connectivity index is 1.95. The summed E-state index contributed by atoms with van der Waals surface area (Å²) >= 11 is 0. The van der Waals surface area contributed by atoms with Crippen molar-refractivity contribution in [2.45, 2.75) is 19.8 Å². The summed E-state index contributed by atoms with van der Waals surface area (Å²) in [5, 5.41) is 11.2. The largest absolute Gasteiger partial charge is 0.332 e. The van der Waals surface area contributed by atoms with Crippen molar-refractivity contribution in [1.29, 1.82) is 0 Å². The normalized spacial score (nSPS) is 16.2. The maximum Gasteiger partial charge on any atom is 0.332 e. The van der Waals surface area contributed by atoms with Crippen LogP contribution in [0.2, 0.25) is 0 Å². The SMILES string of the molecule is CC(C)C(=O)N1C2=C(C(=O)c3ccccc32)[C@H](c2ccc([N+](=O)[O-])cc2)c2c1n(C)c(=O)n(C)c2=O. The lowest BCUT2D eigenvalue weighted by atomic mass is 9.80. The molecule has 0 fully saturated rings. The van der Waals surface area contributed by atoms with Crippen LogP contribution in [0.15, 0.2) is 63.7 Å². The predicted molar refractivity (Wildman–Crippen MR) is 132 cm³/mol. The maximum atomic E-state index is 13.8. The summed E-state index contributed by atoms with van der Waals surface area (Å²) < 4.78 is 2.18. The maximum absolute atomic E-state index is 13.8. The molecule has 2 aliphatic rings. The van der Waals surface area contributed by atoms with Crippen molar-refractivity contribution in [1.82, 2.24) is 9.13 Å². The van der Waals surface area contributed by atoms with Gasteiger partial charge in [-0.25, -0.2) is 4.79 Å². The fourth-order valence-corrected chi connectivity index (χ4v) is 5.02. The van der Waals surface area contributed by atoms with E-state index in [2.05, 4.69) is 0 Å². The number of hydrogen-bond acceptors (Lipinski definition) is 6. The van der Waals surface area contributed by atoms with Gasteiger partial charge in [-0.2, -0.15) is 0 Å². The number of Topliss-reactive ketones (excluding diaryl/α,β-unsaturated/α-hetero) is 1. The highest BCUT2D eigenvalue weighted by molar-refractivity contribution is 6.27. The quantitative estimate of drug-likeness (QED) is 0.414. The predicted octanol–water partition coefficient (Wildman–Crippen LogP) is 2.73. The van der Waals surface area contributed by atoms with Gasteiger partial charge in [0.25, 0.3) is 11.2 Å². The molecular formula is C26H22N4O6. The second kappa shape index (κ2) is 7.98. The Morgan fingerprint density at radius 1 is 0.944 bits per heavy atom. The third-order valence-electron chi connectivity index (χ3n) is 6.76. The van der Waals surface area contributed by atoms with Gasteiger partial charge in [-0.15, -0.1) is 0 Å². The van der Waals surface area contributed by atoms with Crippen molar-refractivity contribution in [2.75, 3.05) is 4.90 Å². The molecule has 0 spiro atoms. The van der Waals surface area contributed by atoms with Gasteiger partial charge in [-0.1, -0.05) is 50.2 Å². The molecule has 1 aromatic heterocycles. The molecule has 0 saturated carbocycles. The lowest BCUT2D eigenvalue weighted by molar-refractivity contribution is -0.384. The highest BCUT2D eigenvalue weighted by Gasteiger charge is 2.48. The highest BCUT2D eigenvalue weighted by atomic mass is 16.6. The molecule has 182 valence electrons.